The van der Waals surface area contributed by atoms with Crippen molar-refractivity contribution in [3.05, 3.63) is 70.4 Å². The topological polar surface area (TPSA) is 52.6 Å². The van der Waals surface area contributed by atoms with Gasteiger partial charge in [-0.25, -0.2) is 9.97 Å². The summed E-state index contributed by atoms with van der Waals surface area (Å²) >= 11 is 0. The van der Waals surface area contributed by atoms with Gasteiger partial charge in [-0.05, 0) is 36.1 Å². The van der Waals surface area contributed by atoms with E-state index in [0.717, 1.165) is 30.2 Å². The standard InChI is InChI=1S/C30H34F3N5O/c1-20(2)22-9-8-21(3)27(18-22)38-11-10-26-24(19-38)29(37-14-12-36(13-15-37)16-17-39)35-28(34-26)23-6-4-5-7-25(23)30(31,32)33/h4-9,17-18,20H,10-16,19H2,1-3H3. The first-order valence-electron chi connectivity index (χ1n) is 13.5. The van der Waals surface area contributed by atoms with E-state index in [9.17, 15) is 18.0 Å². The molecule has 0 N–H and O–H groups in total. The number of carbonyl (C=O) groups excluding carboxylic acids is 1. The summed E-state index contributed by atoms with van der Waals surface area (Å²) in [4.78, 5) is 27.1. The van der Waals surface area contributed by atoms with E-state index >= 15 is 0 Å². The quantitative estimate of drug-likeness (QED) is 0.389. The number of aryl methyl sites for hydroxylation is 1. The van der Waals surface area contributed by atoms with E-state index in [0.29, 0.717) is 57.4 Å². The van der Waals surface area contributed by atoms with E-state index in [1.807, 2.05) is 0 Å². The van der Waals surface area contributed by atoms with Crippen LogP contribution in [0.2, 0.25) is 0 Å². The van der Waals surface area contributed by atoms with Crippen LogP contribution in [0.15, 0.2) is 42.5 Å². The number of halogens is 3. The average molecular weight is 538 g/mol. The Morgan fingerprint density at radius 1 is 0.974 bits per heavy atom. The molecule has 0 bridgehead atoms. The van der Waals surface area contributed by atoms with E-state index < -0.39 is 11.7 Å². The van der Waals surface area contributed by atoms with Gasteiger partial charge in [-0.2, -0.15) is 13.2 Å². The fourth-order valence-electron chi connectivity index (χ4n) is 5.48. The van der Waals surface area contributed by atoms with Crippen LogP contribution in [0.5, 0.6) is 0 Å². The van der Waals surface area contributed by atoms with Crippen molar-refractivity contribution < 1.29 is 18.0 Å². The number of anilines is 2. The zero-order valence-electron chi connectivity index (χ0n) is 22.6. The van der Waals surface area contributed by atoms with Crippen LogP contribution in [0, 0.1) is 6.92 Å². The van der Waals surface area contributed by atoms with Crippen LogP contribution in [0.3, 0.4) is 0 Å². The van der Waals surface area contributed by atoms with Gasteiger partial charge in [-0.3, -0.25) is 4.90 Å². The summed E-state index contributed by atoms with van der Waals surface area (Å²) in [5, 5.41) is 0. The molecule has 2 aliphatic rings. The minimum Gasteiger partial charge on any atom is -0.366 e. The number of fused-ring (bicyclic) bond motifs is 1. The molecule has 206 valence electrons. The highest BCUT2D eigenvalue weighted by Crippen LogP contribution is 2.38. The van der Waals surface area contributed by atoms with E-state index in [1.165, 1.54) is 28.9 Å². The molecule has 1 saturated heterocycles. The van der Waals surface area contributed by atoms with Crippen molar-refractivity contribution in [2.24, 2.45) is 0 Å². The van der Waals surface area contributed by atoms with Crippen molar-refractivity contribution in [2.75, 3.05) is 49.1 Å². The maximum absolute atomic E-state index is 13.9. The highest BCUT2D eigenvalue weighted by atomic mass is 19.4. The molecule has 6 nitrogen and oxygen atoms in total. The number of rotatable bonds is 6. The van der Waals surface area contributed by atoms with Crippen LogP contribution in [0.1, 0.15) is 47.7 Å². The summed E-state index contributed by atoms with van der Waals surface area (Å²) in [6.07, 6.45) is -2.99. The second-order valence-corrected chi connectivity index (χ2v) is 10.7. The second kappa shape index (κ2) is 11.0. The lowest BCUT2D eigenvalue weighted by atomic mass is 9.98. The predicted octanol–water partition coefficient (Wildman–Crippen LogP) is 5.48. The lowest BCUT2D eigenvalue weighted by Gasteiger charge is -2.38. The maximum Gasteiger partial charge on any atom is 0.417 e. The molecule has 39 heavy (non-hydrogen) atoms. The summed E-state index contributed by atoms with van der Waals surface area (Å²) in [6.45, 7) is 10.8. The van der Waals surface area contributed by atoms with Crippen molar-refractivity contribution in [1.82, 2.24) is 14.9 Å². The Hall–Kier alpha value is -3.46. The van der Waals surface area contributed by atoms with E-state index in [4.69, 9.17) is 9.97 Å². The number of piperazine rings is 1. The van der Waals surface area contributed by atoms with E-state index in [1.54, 1.807) is 6.07 Å². The summed E-state index contributed by atoms with van der Waals surface area (Å²) in [6, 6.07) is 12.1. The molecule has 0 amide bonds. The third-order valence-corrected chi connectivity index (χ3v) is 7.76. The molecule has 5 rings (SSSR count). The molecule has 3 aromatic rings. The number of aromatic nitrogens is 2. The van der Waals surface area contributed by atoms with Crippen molar-refractivity contribution >= 4 is 17.8 Å². The van der Waals surface area contributed by atoms with Gasteiger partial charge in [0.1, 0.15) is 12.1 Å². The molecule has 0 saturated carbocycles. The number of hydrogen-bond donors (Lipinski definition) is 0. The predicted molar refractivity (Wildman–Crippen MR) is 147 cm³/mol. The second-order valence-electron chi connectivity index (χ2n) is 10.7. The zero-order chi connectivity index (χ0) is 27.7. The first-order chi connectivity index (χ1) is 18.7. The van der Waals surface area contributed by atoms with Crippen LogP contribution in [0.4, 0.5) is 24.7 Å². The molecular weight excluding hydrogens is 503 g/mol. The first kappa shape index (κ1) is 27.1. The first-order valence-corrected chi connectivity index (χ1v) is 13.5. The lowest BCUT2D eigenvalue weighted by molar-refractivity contribution is -0.137. The molecule has 1 aromatic heterocycles. The fourth-order valence-corrected chi connectivity index (χ4v) is 5.48. The van der Waals surface area contributed by atoms with Gasteiger partial charge in [0.25, 0.3) is 0 Å². The summed E-state index contributed by atoms with van der Waals surface area (Å²) in [5.74, 6) is 1.21. The highest BCUT2D eigenvalue weighted by molar-refractivity contribution is 5.67. The Labute approximate surface area is 227 Å². The minimum atomic E-state index is -4.51. The van der Waals surface area contributed by atoms with E-state index in [2.05, 4.69) is 53.7 Å². The molecule has 2 aliphatic heterocycles. The smallest absolute Gasteiger partial charge is 0.366 e. The Balaban J connectivity index is 1.57. The van der Waals surface area contributed by atoms with Crippen LogP contribution in [-0.4, -0.2) is 60.4 Å². The third kappa shape index (κ3) is 5.64. The number of nitrogens with zero attached hydrogens (tertiary/aromatic N) is 5. The van der Waals surface area contributed by atoms with Crippen molar-refractivity contribution in [3.63, 3.8) is 0 Å². The van der Waals surface area contributed by atoms with Crippen molar-refractivity contribution in [2.45, 2.75) is 45.8 Å². The highest BCUT2D eigenvalue weighted by Gasteiger charge is 2.35. The Bertz CT molecular complexity index is 1350. The number of hydrogen-bond acceptors (Lipinski definition) is 6. The van der Waals surface area contributed by atoms with Gasteiger partial charge in [0.2, 0.25) is 0 Å². The van der Waals surface area contributed by atoms with Crippen LogP contribution < -0.4 is 9.80 Å². The zero-order valence-corrected chi connectivity index (χ0v) is 22.6. The molecule has 0 aliphatic carbocycles. The van der Waals surface area contributed by atoms with Crippen molar-refractivity contribution in [3.8, 4) is 11.4 Å². The summed E-state index contributed by atoms with van der Waals surface area (Å²) in [5.41, 5.74) is 4.65. The molecule has 3 heterocycles. The van der Waals surface area contributed by atoms with Gasteiger partial charge in [0, 0.05) is 62.5 Å². The van der Waals surface area contributed by atoms with Gasteiger partial charge < -0.3 is 14.6 Å². The third-order valence-electron chi connectivity index (χ3n) is 7.76. The molecule has 9 heteroatoms. The summed E-state index contributed by atoms with van der Waals surface area (Å²) in [7, 11) is 0. The molecule has 1 fully saturated rings. The SMILES string of the molecule is Cc1ccc(C(C)C)cc1N1CCc2nc(-c3ccccc3C(F)(F)F)nc(N3CCN(CC=O)CC3)c2C1. The average Bonchev–Trinajstić information content (AvgIpc) is 2.92. The number of benzene rings is 2. The van der Waals surface area contributed by atoms with E-state index in [-0.39, 0.29) is 11.4 Å². The van der Waals surface area contributed by atoms with Gasteiger partial charge in [0.15, 0.2) is 5.82 Å². The van der Waals surface area contributed by atoms with Crippen LogP contribution >= 0.6 is 0 Å². The molecule has 2 aromatic carbocycles. The van der Waals surface area contributed by atoms with Crippen LogP contribution in [-0.2, 0) is 23.9 Å². The fraction of sp³-hybridized carbons (Fsp3) is 0.433. The number of alkyl halides is 3. The molecule has 0 spiro atoms. The Morgan fingerprint density at radius 2 is 1.72 bits per heavy atom. The molecule has 0 unspecified atom stereocenters. The molecule has 0 atom stereocenters. The maximum atomic E-state index is 13.9. The largest absolute Gasteiger partial charge is 0.417 e. The van der Waals surface area contributed by atoms with Gasteiger partial charge in [-0.1, -0.05) is 44.2 Å². The molecular formula is C30H34F3N5O. The normalized spacial score (nSPS) is 16.5. The molecule has 0 radical (unpaired) electrons. The minimum absolute atomic E-state index is 0.00319. The van der Waals surface area contributed by atoms with Crippen LogP contribution in [0.25, 0.3) is 11.4 Å². The number of carbonyl (C=O) groups is 1. The number of aldehydes is 1. The summed E-state index contributed by atoms with van der Waals surface area (Å²) < 4.78 is 41.7. The van der Waals surface area contributed by atoms with Gasteiger partial charge in [-0.15, -0.1) is 0 Å². The Kier molecular flexibility index (Phi) is 7.62. The van der Waals surface area contributed by atoms with Gasteiger partial charge >= 0.3 is 6.18 Å². The monoisotopic (exact) mass is 537 g/mol. The van der Waals surface area contributed by atoms with Gasteiger partial charge in [0.05, 0.1) is 17.8 Å². The Morgan fingerprint density at radius 3 is 2.41 bits per heavy atom. The lowest BCUT2D eigenvalue weighted by Crippen LogP contribution is -2.48. The van der Waals surface area contributed by atoms with Crippen molar-refractivity contribution in [1.29, 1.82) is 0 Å².